The van der Waals surface area contributed by atoms with Crippen molar-refractivity contribution in [1.82, 2.24) is 15.0 Å². The molecule has 4 N–H and O–H groups in total. The molecule has 3 rings (SSSR count). The smallest absolute Gasteiger partial charge is 0.108 e. The van der Waals surface area contributed by atoms with Crippen LogP contribution >= 0.6 is 11.9 Å². The maximum Gasteiger partial charge on any atom is 0.108 e. The zero-order valence-electron chi connectivity index (χ0n) is 11.7. The lowest BCUT2D eigenvalue weighted by Crippen LogP contribution is -2.23. The first-order chi connectivity index (χ1) is 9.95. The lowest BCUT2D eigenvalue weighted by molar-refractivity contribution is 0.654. The van der Waals surface area contributed by atoms with E-state index in [1.54, 1.807) is 0 Å². The van der Waals surface area contributed by atoms with Gasteiger partial charge in [-0.3, -0.25) is 4.72 Å². The van der Waals surface area contributed by atoms with Gasteiger partial charge in [0.05, 0.1) is 0 Å². The first-order valence-electron chi connectivity index (χ1n) is 7.34. The van der Waals surface area contributed by atoms with Crippen LogP contribution < -0.4 is 15.4 Å². The molecular formula is C15H22N4S. The number of fused-ring (bicyclic) bond motifs is 3. The standard InChI is InChI=1S/C15H22N4S/c1-2-6-14-12(5-1)13-11-18-20-10-4-3-7-16-8-9-17-15(13)19-14/h1-2,5-6,16-19H,3-4,7-11H2. The van der Waals surface area contributed by atoms with Gasteiger partial charge in [0.15, 0.2) is 0 Å². The molecule has 1 aliphatic rings. The number of H-pyrrole nitrogens is 1. The molecule has 5 heteroatoms. The molecule has 0 radical (unpaired) electrons. The van der Waals surface area contributed by atoms with E-state index < -0.39 is 0 Å². The van der Waals surface area contributed by atoms with Gasteiger partial charge in [-0.05, 0) is 25.5 Å². The van der Waals surface area contributed by atoms with E-state index >= 15 is 0 Å². The fraction of sp³-hybridized carbons (Fsp3) is 0.467. The summed E-state index contributed by atoms with van der Waals surface area (Å²) in [6, 6.07) is 8.51. The topological polar surface area (TPSA) is 51.9 Å². The van der Waals surface area contributed by atoms with Gasteiger partial charge in [0.2, 0.25) is 0 Å². The average molecular weight is 290 g/mol. The van der Waals surface area contributed by atoms with Crippen LogP contribution in [0.1, 0.15) is 18.4 Å². The van der Waals surface area contributed by atoms with Crippen LogP contribution in [0, 0.1) is 0 Å². The lowest BCUT2D eigenvalue weighted by atomic mass is 10.1. The number of aromatic amines is 1. The fourth-order valence-electron chi connectivity index (χ4n) is 2.56. The van der Waals surface area contributed by atoms with Crippen LogP contribution in [0.3, 0.4) is 0 Å². The van der Waals surface area contributed by atoms with Crippen LogP contribution in [0.25, 0.3) is 10.9 Å². The Hall–Kier alpha value is -1.17. The minimum absolute atomic E-state index is 0.893. The number of aromatic nitrogens is 1. The van der Waals surface area contributed by atoms with Crippen LogP contribution in [0.15, 0.2) is 24.3 Å². The summed E-state index contributed by atoms with van der Waals surface area (Å²) in [5, 5.41) is 8.32. The summed E-state index contributed by atoms with van der Waals surface area (Å²) in [6.07, 6.45) is 2.52. The summed E-state index contributed by atoms with van der Waals surface area (Å²) >= 11 is 1.83. The van der Waals surface area contributed by atoms with Gasteiger partial charge in [0, 0.05) is 41.9 Å². The van der Waals surface area contributed by atoms with E-state index in [-0.39, 0.29) is 0 Å². The summed E-state index contributed by atoms with van der Waals surface area (Å²) in [5.41, 5.74) is 2.55. The zero-order chi connectivity index (χ0) is 13.6. The summed E-state index contributed by atoms with van der Waals surface area (Å²) in [5.74, 6) is 2.33. The van der Waals surface area contributed by atoms with E-state index in [1.165, 1.54) is 35.1 Å². The molecular weight excluding hydrogens is 268 g/mol. The van der Waals surface area contributed by atoms with Crippen molar-refractivity contribution < 1.29 is 0 Å². The monoisotopic (exact) mass is 290 g/mol. The number of anilines is 1. The van der Waals surface area contributed by atoms with Gasteiger partial charge in [0.1, 0.15) is 5.82 Å². The number of benzene rings is 1. The molecule has 2 heterocycles. The molecule has 4 nitrogen and oxygen atoms in total. The molecule has 0 aliphatic carbocycles. The van der Waals surface area contributed by atoms with Crippen molar-refractivity contribution in [1.29, 1.82) is 0 Å². The fourth-order valence-corrected chi connectivity index (χ4v) is 3.29. The molecule has 1 aromatic carbocycles. The van der Waals surface area contributed by atoms with E-state index in [0.717, 1.165) is 32.0 Å². The highest BCUT2D eigenvalue weighted by Gasteiger charge is 2.10. The molecule has 1 aliphatic heterocycles. The molecule has 1 aromatic heterocycles. The van der Waals surface area contributed by atoms with Crippen molar-refractivity contribution in [3.8, 4) is 0 Å². The Morgan fingerprint density at radius 1 is 1.00 bits per heavy atom. The number of hydrogen-bond acceptors (Lipinski definition) is 4. The Bertz CT molecular complexity index is 552. The largest absolute Gasteiger partial charge is 0.370 e. The van der Waals surface area contributed by atoms with E-state index in [1.807, 2.05) is 11.9 Å². The highest BCUT2D eigenvalue weighted by atomic mass is 32.2. The molecule has 2 aromatic rings. The quantitative estimate of drug-likeness (QED) is 0.564. The Morgan fingerprint density at radius 2 is 1.95 bits per heavy atom. The van der Waals surface area contributed by atoms with Gasteiger partial charge in [-0.2, -0.15) is 0 Å². The van der Waals surface area contributed by atoms with Crippen LogP contribution in [0.5, 0.6) is 0 Å². The first kappa shape index (κ1) is 13.8. The second-order valence-electron chi connectivity index (χ2n) is 5.08. The molecule has 0 atom stereocenters. The Balaban J connectivity index is 1.82. The predicted molar refractivity (Wildman–Crippen MR) is 88.2 cm³/mol. The van der Waals surface area contributed by atoms with Crippen molar-refractivity contribution in [3.05, 3.63) is 29.8 Å². The molecule has 0 amide bonds. The van der Waals surface area contributed by atoms with E-state index in [4.69, 9.17) is 0 Å². The van der Waals surface area contributed by atoms with Crippen molar-refractivity contribution in [2.24, 2.45) is 0 Å². The number of hydrogen-bond donors (Lipinski definition) is 4. The third-order valence-corrected chi connectivity index (χ3v) is 4.46. The number of para-hydroxylation sites is 1. The summed E-state index contributed by atoms with van der Waals surface area (Å²) in [6.45, 7) is 3.97. The molecule has 0 saturated heterocycles. The van der Waals surface area contributed by atoms with Crippen molar-refractivity contribution in [2.45, 2.75) is 19.4 Å². The lowest BCUT2D eigenvalue weighted by Gasteiger charge is -2.08. The molecule has 0 bridgehead atoms. The molecule has 0 saturated carbocycles. The second kappa shape index (κ2) is 7.02. The number of rotatable bonds is 0. The van der Waals surface area contributed by atoms with Crippen LogP contribution in [0.2, 0.25) is 0 Å². The van der Waals surface area contributed by atoms with Crippen molar-refractivity contribution in [3.63, 3.8) is 0 Å². The molecule has 0 spiro atoms. The molecule has 0 unspecified atom stereocenters. The van der Waals surface area contributed by atoms with E-state index in [0.29, 0.717) is 0 Å². The molecule has 20 heavy (non-hydrogen) atoms. The van der Waals surface area contributed by atoms with Gasteiger partial charge >= 0.3 is 0 Å². The SMILES string of the molecule is c1ccc2c3c([nH]c2c1)NCCNCCCCSNC3. The predicted octanol–water partition coefficient (Wildman–Crippen LogP) is 2.70. The third kappa shape index (κ3) is 3.29. The summed E-state index contributed by atoms with van der Waals surface area (Å²) in [7, 11) is 0. The minimum atomic E-state index is 0.893. The van der Waals surface area contributed by atoms with Gasteiger partial charge in [-0.1, -0.05) is 30.1 Å². The zero-order valence-corrected chi connectivity index (χ0v) is 12.5. The number of nitrogens with one attached hydrogen (secondary N) is 4. The maximum atomic E-state index is 3.52. The van der Waals surface area contributed by atoms with Gasteiger partial charge < -0.3 is 15.6 Å². The van der Waals surface area contributed by atoms with Crippen LogP contribution in [0.4, 0.5) is 5.82 Å². The highest BCUT2D eigenvalue weighted by molar-refractivity contribution is 7.97. The Morgan fingerprint density at radius 3 is 2.95 bits per heavy atom. The van der Waals surface area contributed by atoms with E-state index in [2.05, 4.69) is 44.6 Å². The van der Waals surface area contributed by atoms with Crippen LogP contribution in [-0.2, 0) is 6.54 Å². The molecule has 0 fully saturated rings. The van der Waals surface area contributed by atoms with Gasteiger partial charge in [-0.15, -0.1) is 0 Å². The minimum Gasteiger partial charge on any atom is -0.370 e. The summed E-state index contributed by atoms with van der Waals surface area (Å²) < 4.78 is 3.49. The molecule has 108 valence electrons. The Kier molecular flexibility index (Phi) is 4.84. The van der Waals surface area contributed by atoms with Crippen molar-refractivity contribution in [2.75, 3.05) is 30.7 Å². The first-order valence-corrected chi connectivity index (χ1v) is 8.32. The Labute approximate surface area is 124 Å². The summed E-state index contributed by atoms with van der Waals surface area (Å²) in [4.78, 5) is 3.50. The van der Waals surface area contributed by atoms with Crippen LogP contribution in [-0.4, -0.2) is 30.4 Å². The van der Waals surface area contributed by atoms with Gasteiger partial charge in [-0.25, -0.2) is 0 Å². The maximum absolute atomic E-state index is 3.52. The van der Waals surface area contributed by atoms with Crippen molar-refractivity contribution >= 4 is 28.7 Å². The van der Waals surface area contributed by atoms with Gasteiger partial charge in [0.25, 0.3) is 0 Å². The normalized spacial score (nSPS) is 18.4. The average Bonchev–Trinajstić information content (AvgIpc) is 2.82. The third-order valence-electron chi connectivity index (χ3n) is 3.62. The van der Waals surface area contributed by atoms with E-state index in [9.17, 15) is 0 Å². The second-order valence-corrected chi connectivity index (χ2v) is 6.06. The highest BCUT2D eigenvalue weighted by Crippen LogP contribution is 2.26.